The van der Waals surface area contributed by atoms with Crippen LogP contribution in [0.25, 0.3) is 0 Å². The molecule has 3 rings (SSSR count). The molecule has 0 aromatic heterocycles. The molecule has 1 heterocycles. The molecule has 7 heteroatoms. The van der Waals surface area contributed by atoms with E-state index in [-0.39, 0.29) is 36.8 Å². The fourth-order valence-corrected chi connectivity index (χ4v) is 3.31. The number of anilines is 1. The summed E-state index contributed by atoms with van der Waals surface area (Å²) in [5.74, 6) is -2.26. The molecule has 0 bridgehead atoms. The standard InChI is InChI=1S/C19H20N2O5/c1-2-26-19(25)12-6-5-7-13(10-12)20-16(22)11-21-17(23)14-8-3-4-9-15(14)18(21)24/h3-7,10,14-15H,2,8-9,11H2,1H3,(H,20,22)/t14-,15-/m1/s1. The lowest BCUT2D eigenvalue weighted by Crippen LogP contribution is -2.38. The van der Waals surface area contributed by atoms with E-state index < -0.39 is 11.9 Å². The number of benzene rings is 1. The van der Waals surface area contributed by atoms with Gasteiger partial charge in [0, 0.05) is 5.69 Å². The molecule has 1 N–H and O–H groups in total. The number of nitrogens with zero attached hydrogens (tertiary/aromatic N) is 1. The number of imide groups is 1. The highest BCUT2D eigenvalue weighted by Crippen LogP contribution is 2.34. The summed E-state index contributed by atoms with van der Waals surface area (Å²) in [6, 6.07) is 6.32. The monoisotopic (exact) mass is 356 g/mol. The summed E-state index contributed by atoms with van der Waals surface area (Å²) in [7, 11) is 0. The van der Waals surface area contributed by atoms with Crippen molar-refractivity contribution in [1.29, 1.82) is 0 Å². The van der Waals surface area contributed by atoms with E-state index in [1.165, 1.54) is 6.07 Å². The minimum atomic E-state index is -0.487. The average molecular weight is 356 g/mol. The molecular weight excluding hydrogens is 336 g/mol. The van der Waals surface area contributed by atoms with E-state index in [9.17, 15) is 19.2 Å². The molecule has 1 saturated heterocycles. The van der Waals surface area contributed by atoms with Crippen LogP contribution in [0.4, 0.5) is 5.69 Å². The van der Waals surface area contributed by atoms with Gasteiger partial charge in [0.25, 0.3) is 0 Å². The number of amides is 3. The largest absolute Gasteiger partial charge is 0.462 e. The first kappa shape index (κ1) is 17.8. The van der Waals surface area contributed by atoms with Crippen LogP contribution in [0.1, 0.15) is 30.1 Å². The topological polar surface area (TPSA) is 92.8 Å². The van der Waals surface area contributed by atoms with Gasteiger partial charge in [0.1, 0.15) is 6.54 Å². The minimum absolute atomic E-state index is 0.256. The number of esters is 1. The van der Waals surface area contributed by atoms with Gasteiger partial charge < -0.3 is 10.1 Å². The van der Waals surface area contributed by atoms with Crippen LogP contribution in [-0.2, 0) is 19.1 Å². The molecule has 7 nitrogen and oxygen atoms in total. The highest BCUT2D eigenvalue weighted by Gasteiger charge is 2.47. The van der Waals surface area contributed by atoms with Crippen molar-refractivity contribution in [3.63, 3.8) is 0 Å². The number of likely N-dealkylation sites (tertiary alicyclic amines) is 1. The Morgan fingerprint density at radius 3 is 2.42 bits per heavy atom. The molecule has 1 aromatic rings. The summed E-state index contributed by atoms with van der Waals surface area (Å²) in [6.07, 6.45) is 4.87. The van der Waals surface area contributed by atoms with Crippen LogP contribution in [-0.4, -0.2) is 41.7 Å². The Morgan fingerprint density at radius 2 is 1.81 bits per heavy atom. The van der Waals surface area contributed by atoms with Gasteiger partial charge in [-0.05, 0) is 38.0 Å². The molecule has 2 atom stereocenters. The first-order valence-corrected chi connectivity index (χ1v) is 8.58. The zero-order valence-corrected chi connectivity index (χ0v) is 14.4. The SMILES string of the molecule is CCOC(=O)c1cccc(NC(=O)CN2C(=O)[C@@H]3CC=CC[C@H]3C2=O)c1. The van der Waals surface area contributed by atoms with E-state index in [1.54, 1.807) is 25.1 Å². The average Bonchev–Trinajstić information content (AvgIpc) is 2.87. The predicted molar refractivity (Wildman–Crippen MR) is 93.1 cm³/mol. The van der Waals surface area contributed by atoms with Crippen LogP contribution in [0, 0.1) is 11.8 Å². The Balaban J connectivity index is 1.64. The fraction of sp³-hybridized carbons (Fsp3) is 0.368. The molecule has 0 saturated carbocycles. The second-order valence-electron chi connectivity index (χ2n) is 6.27. The van der Waals surface area contributed by atoms with E-state index in [4.69, 9.17) is 4.74 Å². The summed E-state index contributed by atoms with van der Waals surface area (Å²) < 4.78 is 4.92. The quantitative estimate of drug-likeness (QED) is 0.493. The molecule has 0 unspecified atom stereocenters. The number of allylic oxidation sites excluding steroid dienone is 2. The van der Waals surface area contributed by atoms with Gasteiger partial charge in [0.2, 0.25) is 17.7 Å². The Kier molecular flexibility index (Phi) is 5.16. The molecule has 3 amide bonds. The van der Waals surface area contributed by atoms with Crippen LogP contribution in [0.3, 0.4) is 0 Å². The molecule has 2 aliphatic rings. The number of ether oxygens (including phenoxy) is 1. The summed E-state index contributed by atoms with van der Waals surface area (Å²) in [4.78, 5) is 49.8. The highest BCUT2D eigenvalue weighted by atomic mass is 16.5. The third kappa shape index (κ3) is 3.51. The zero-order valence-electron chi connectivity index (χ0n) is 14.4. The minimum Gasteiger partial charge on any atom is -0.462 e. The number of hydrogen-bond acceptors (Lipinski definition) is 5. The van der Waals surface area contributed by atoms with E-state index in [2.05, 4.69) is 5.32 Å². The van der Waals surface area contributed by atoms with Crippen LogP contribution < -0.4 is 5.32 Å². The molecular formula is C19H20N2O5. The normalized spacial score (nSPS) is 21.5. The van der Waals surface area contributed by atoms with Gasteiger partial charge in [-0.15, -0.1) is 0 Å². The van der Waals surface area contributed by atoms with Crippen molar-refractivity contribution in [2.75, 3.05) is 18.5 Å². The molecule has 0 spiro atoms. The van der Waals surface area contributed by atoms with Gasteiger partial charge in [0.15, 0.2) is 0 Å². The van der Waals surface area contributed by atoms with E-state index in [1.807, 2.05) is 12.2 Å². The number of carbonyl (C=O) groups is 4. The Labute approximate surface area is 151 Å². The van der Waals surface area contributed by atoms with Crippen molar-refractivity contribution in [2.45, 2.75) is 19.8 Å². The van der Waals surface area contributed by atoms with Gasteiger partial charge in [0.05, 0.1) is 24.0 Å². The molecule has 136 valence electrons. The van der Waals surface area contributed by atoms with Crippen LogP contribution >= 0.6 is 0 Å². The molecule has 1 aliphatic heterocycles. The highest BCUT2D eigenvalue weighted by molar-refractivity contribution is 6.09. The maximum Gasteiger partial charge on any atom is 0.338 e. The van der Waals surface area contributed by atoms with Gasteiger partial charge in [-0.1, -0.05) is 18.2 Å². The van der Waals surface area contributed by atoms with Crippen molar-refractivity contribution < 1.29 is 23.9 Å². The molecule has 1 aliphatic carbocycles. The number of nitrogens with one attached hydrogen (secondary N) is 1. The Bertz CT molecular complexity index is 760. The van der Waals surface area contributed by atoms with E-state index >= 15 is 0 Å². The van der Waals surface area contributed by atoms with Crippen LogP contribution in [0.15, 0.2) is 36.4 Å². The van der Waals surface area contributed by atoms with Gasteiger partial charge in [-0.3, -0.25) is 19.3 Å². The van der Waals surface area contributed by atoms with Crippen molar-refractivity contribution in [3.8, 4) is 0 Å². The number of fused-ring (bicyclic) bond motifs is 1. The molecule has 26 heavy (non-hydrogen) atoms. The Morgan fingerprint density at radius 1 is 1.15 bits per heavy atom. The lowest BCUT2D eigenvalue weighted by molar-refractivity contribution is -0.142. The summed E-state index contributed by atoms with van der Waals surface area (Å²) >= 11 is 0. The summed E-state index contributed by atoms with van der Waals surface area (Å²) in [5, 5.41) is 2.62. The van der Waals surface area contributed by atoms with E-state index in [0.717, 1.165) is 4.90 Å². The number of hydrogen-bond donors (Lipinski definition) is 1. The first-order chi connectivity index (χ1) is 12.5. The van der Waals surface area contributed by atoms with Crippen LogP contribution in [0.2, 0.25) is 0 Å². The van der Waals surface area contributed by atoms with E-state index in [0.29, 0.717) is 24.1 Å². The summed E-state index contributed by atoms with van der Waals surface area (Å²) in [6.45, 7) is 1.64. The van der Waals surface area contributed by atoms with Crippen LogP contribution in [0.5, 0.6) is 0 Å². The molecule has 1 fully saturated rings. The molecule has 0 radical (unpaired) electrons. The number of carbonyl (C=O) groups excluding carboxylic acids is 4. The van der Waals surface area contributed by atoms with Gasteiger partial charge >= 0.3 is 5.97 Å². The fourth-order valence-electron chi connectivity index (χ4n) is 3.31. The van der Waals surface area contributed by atoms with Crippen molar-refractivity contribution in [1.82, 2.24) is 4.90 Å². The van der Waals surface area contributed by atoms with Crippen molar-refractivity contribution >= 4 is 29.4 Å². The summed E-state index contributed by atoms with van der Waals surface area (Å²) in [5.41, 5.74) is 0.716. The first-order valence-electron chi connectivity index (χ1n) is 8.58. The zero-order chi connectivity index (χ0) is 18.7. The second-order valence-corrected chi connectivity index (χ2v) is 6.27. The maximum absolute atomic E-state index is 12.4. The number of rotatable bonds is 5. The lowest BCUT2D eigenvalue weighted by atomic mass is 9.85. The third-order valence-electron chi connectivity index (χ3n) is 4.56. The molecule has 1 aromatic carbocycles. The third-order valence-corrected chi connectivity index (χ3v) is 4.56. The lowest BCUT2D eigenvalue weighted by Gasteiger charge is -2.14. The van der Waals surface area contributed by atoms with Crippen molar-refractivity contribution in [2.24, 2.45) is 11.8 Å². The smallest absolute Gasteiger partial charge is 0.338 e. The van der Waals surface area contributed by atoms with Crippen molar-refractivity contribution in [3.05, 3.63) is 42.0 Å². The maximum atomic E-state index is 12.4. The predicted octanol–water partition coefficient (Wildman–Crippen LogP) is 1.75. The van der Waals surface area contributed by atoms with Gasteiger partial charge in [-0.2, -0.15) is 0 Å². The van der Waals surface area contributed by atoms with Gasteiger partial charge in [-0.25, -0.2) is 4.79 Å². The Hall–Kier alpha value is -2.96. The second kappa shape index (κ2) is 7.51.